The molecule has 0 aliphatic rings. The van der Waals surface area contributed by atoms with Crippen LogP contribution in [0.5, 0.6) is 0 Å². The van der Waals surface area contributed by atoms with E-state index in [1.54, 1.807) is 12.1 Å². The number of amidine groups is 1. The lowest BCUT2D eigenvalue weighted by Crippen LogP contribution is -2.30. The van der Waals surface area contributed by atoms with Gasteiger partial charge in [0.25, 0.3) is 0 Å². The van der Waals surface area contributed by atoms with Crippen LogP contribution in [0.3, 0.4) is 0 Å². The summed E-state index contributed by atoms with van der Waals surface area (Å²) in [6, 6.07) is 5.28. The molecule has 0 amide bonds. The van der Waals surface area contributed by atoms with Crippen molar-refractivity contribution in [2.45, 2.75) is 0 Å². The van der Waals surface area contributed by atoms with Gasteiger partial charge < -0.3 is 20.7 Å². The fraction of sp³-hybridized carbons (Fsp3) is 0.417. The van der Waals surface area contributed by atoms with Gasteiger partial charge in [-0.1, -0.05) is 16.8 Å². The van der Waals surface area contributed by atoms with Crippen LogP contribution in [0.25, 0.3) is 0 Å². The van der Waals surface area contributed by atoms with Gasteiger partial charge in [0, 0.05) is 36.4 Å². The molecule has 1 aromatic carbocycles. The van der Waals surface area contributed by atoms with Crippen LogP contribution in [0.2, 0.25) is 5.02 Å². The number of oxime groups is 1. The van der Waals surface area contributed by atoms with Gasteiger partial charge in [-0.15, -0.1) is 0 Å². The van der Waals surface area contributed by atoms with E-state index in [0.29, 0.717) is 10.6 Å². The second-order valence-electron chi connectivity index (χ2n) is 4.37. The van der Waals surface area contributed by atoms with Crippen molar-refractivity contribution in [3.8, 4) is 0 Å². The van der Waals surface area contributed by atoms with Crippen LogP contribution in [0, 0.1) is 0 Å². The molecule has 0 saturated carbocycles. The molecule has 18 heavy (non-hydrogen) atoms. The molecule has 6 heteroatoms. The van der Waals surface area contributed by atoms with Gasteiger partial charge in [0.1, 0.15) is 0 Å². The van der Waals surface area contributed by atoms with Crippen LogP contribution < -0.4 is 10.6 Å². The van der Waals surface area contributed by atoms with Crippen LogP contribution in [0.15, 0.2) is 23.4 Å². The summed E-state index contributed by atoms with van der Waals surface area (Å²) in [6.07, 6.45) is 0. The fourth-order valence-electron chi connectivity index (χ4n) is 1.56. The average Bonchev–Trinajstić information content (AvgIpc) is 2.34. The third kappa shape index (κ3) is 3.78. The summed E-state index contributed by atoms with van der Waals surface area (Å²) in [5.74, 6) is 0.0818. The average molecular weight is 271 g/mol. The van der Waals surface area contributed by atoms with E-state index in [1.165, 1.54) is 0 Å². The maximum absolute atomic E-state index is 8.79. The van der Waals surface area contributed by atoms with E-state index < -0.39 is 0 Å². The summed E-state index contributed by atoms with van der Waals surface area (Å²) in [6.45, 7) is 1.72. The number of likely N-dealkylation sites (N-methyl/N-ethyl adjacent to an activating group) is 2. The van der Waals surface area contributed by atoms with Gasteiger partial charge in [-0.3, -0.25) is 0 Å². The summed E-state index contributed by atoms with van der Waals surface area (Å²) in [4.78, 5) is 4.11. The SMILES string of the molecule is CN(C)CCN(C)c1cc(Cl)ccc1C(N)=NO. The lowest BCUT2D eigenvalue weighted by Gasteiger charge is -2.24. The Morgan fingerprint density at radius 3 is 2.56 bits per heavy atom. The highest BCUT2D eigenvalue weighted by Gasteiger charge is 2.12. The van der Waals surface area contributed by atoms with Gasteiger partial charge >= 0.3 is 0 Å². The zero-order valence-corrected chi connectivity index (χ0v) is 11.6. The highest BCUT2D eigenvalue weighted by atomic mass is 35.5. The number of nitrogens with zero attached hydrogens (tertiary/aromatic N) is 3. The van der Waals surface area contributed by atoms with E-state index in [0.717, 1.165) is 18.8 Å². The Morgan fingerprint density at radius 2 is 2.00 bits per heavy atom. The van der Waals surface area contributed by atoms with E-state index >= 15 is 0 Å². The Balaban J connectivity index is 3.01. The van der Waals surface area contributed by atoms with Crippen LogP contribution in [0.1, 0.15) is 5.56 Å². The second-order valence-corrected chi connectivity index (χ2v) is 4.81. The van der Waals surface area contributed by atoms with Crippen LogP contribution in [0.4, 0.5) is 5.69 Å². The Kier molecular flexibility index (Phi) is 5.25. The van der Waals surface area contributed by atoms with Gasteiger partial charge in [-0.05, 0) is 32.3 Å². The quantitative estimate of drug-likeness (QED) is 0.368. The number of halogens is 1. The molecule has 0 heterocycles. The molecule has 1 aromatic rings. The molecule has 0 atom stereocenters. The molecule has 0 fully saturated rings. The highest BCUT2D eigenvalue weighted by molar-refractivity contribution is 6.31. The van der Waals surface area contributed by atoms with Crippen molar-refractivity contribution in [1.29, 1.82) is 0 Å². The predicted molar refractivity (Wildman–Crippen MR) is 75.8 cm³/mol. The zero-order chi connectivity index (χ0) is 13.7. The topological polar surface area (TPSA) is 65.1 Å². The number of hydrogen-bond donors (Lipinski definition) is 2. The molecule has 0 aromatic heterocycles. The standard InChI is InChI=1S/C12H19ClN4O/c1-16(2)6-7-17(3)11-8-9(13)4-5-10(11)12(14)15-18/h4-5,8,18H,6-7H2,1-3H3,(H2,14,15). The van der Waals surface area contributed by atoms with Gasteiger partial charge in [0.05, 0.1) is 0 Å². The first kappa shape index (κ1) is 14.6. The van der Waals surface area contributed by atoms with Gasteiger partial charge in [-0.2, -0.15) is 0 Å². The monoisotopic (exact) mass is 270 g/mol. The molecule has 1 rings (SSSR count). The number of hydrogen-bond acceptors (Lipinski definition) is 4. The van der Waals surface area contributed by atoms with Crippen molar-refractivity contribution in [2.24, 2.45) is 10.9 Å². The minimum Gasteiger partial charge on any atom is -0.409 e. The first-order valence-corrected chi connectivity index (χ1v) is 5.96. The Labute approximate surface area is 112 Å². The van der Waals surface area contributed by atoms with Crippen molar-refractivity contribution in [3.63, 3.8) is 0 Å². The first-order valence-electron chi connectivity index (χ1n) is 5.59. The first-order chi connectivity index (χ1) is 8.45. The molecule has 0 aliphatic carbocycles. The molecular formula is C12H19ClN4O. The van der Waals surface area contributed by atoms with E-state index in [9.17, 15) is 0 Å². The number of nitrogens with two attached hydrogens (primary N) is 1. The molecule has 0 radical (unpaired) electrons. The Hall–Kier alpha value is -1.46. The van der Waals surface area contributed by atoms with Crippen molar-refractivity contribution in [2.75, 3.05) is 39.1 Å². The van der Waals surface area contributed by atoms with E-state index in [2.05, 4.69) is 10.1 Å². The van der Waals surface area contributed by atoms with Crippen LogP contribution >= 0.6 is 11.6 Å². The third-order valence-electron chi connectivity index (χ3n) is 2.64. The molecule has 0 saturated heterocycles. The van der Waals surface area contributed by atoms with E-state index in [-0.39, 0.29) is 5.84 Å². The van der Waals surface area contributed by atoms with Crippen molar-refractivity contribution in [1.82, 2.24) is 4.90 Å². The second kappa shape index (κ2) is 6.47. The molecule has 0 unspecified atom stereocenters. The number of benzene rings is 1. The smallest absolute Gasteiger partial charge is 0.172 e. The number of rotatable bonds is 5. The number of anilines is 1. The molecule has 100 valence electrons. The minimum absolute atomic E-state index is 0.0818. The summed E-state index contributed by atoms with van der Waals surface area (Å²) >= 11 is 5.99. The summed E-state index contributed by atoms with van der Waals surface area (Å²) < 4.78 is 0. The Bertz CT molecular complexity index is 434. The summed E-state index contributed by atoms with van der Waals surface area (Å²) in [5.41, 5.74) is 7.18. The van der Waals surface area contributed by atoms with Gasteiger partial charge in [-0.25, -0.2) is 0 Å². The van der Waals surface area contributed by atoms with Gasteiger partial charge in [0.15, 0.2) is 5.84 Å². The Morgan fingerprint density at radius 1 is 1.33 bits per heavy atom. The van der Waals surface area contributed by atoms with E-state index in [4.69, 9.17) is 22.5 Å². The van der Waals surface area contributed by atoms with Gasteiger partial charge in [0.2, 0.25) is 0 Å². The zero-order valence-electron chi connectivity index (χ0n) is 10.9. The van der Waals surface area contributed by atoms with Crippen molar-refractivity contribution in [3.05, 3.63) is 28.8 Å². The molecule has 3 N–H and O–H groups in total. The maximum atomic E-state index is 8.79. The highest BCUT2D eigenvalue weighted by Crippen LogP contribution is 2.23. The predicted octanol–water partition coefficient (Wildman–Crippen LogP) is 1.43. The normalized spacial score (nSPS) is 11.9. The summed E-state index contributed by atoms with van der Waals surface area (Å²) in [5, 5.41) is 12.4. The van der Waals surface area contributed by atoms with Crippen LogP contribution in [-0.4, -0.2) is 50.2 Å². The van der Waals surface area contributed by atoms with Crippen molar-refractivity contribution < 1.29 is 5.21 Å². The third-order valence-corrected chi connectivity index (χ3v) is 2.87. The molecule has 0 bridgehead atoms. The lowest BCUT2D eigenvalue weighted by atomic mass is 10.1. The molecule has 0 aliphatic heterocycles. The lowest BCUT2D eigenvalue weighted by molar-refractivity contribution is 0.318. The fourth-order valence-corrected chi connectivity index (χ4v) is 1.73. The largest absolute Gasteiger partial charge is 0.409 e. The van der Waals surface area contributed by atoms with Crippen LogP contribution in [-0.2, 0) is 0 Å². The minimum atomic E-state index is 0.0818. The maximum Gasteiger partial charge on any atom is 0.172 e. The molecule has 0 spiro atoms. The molecular weight excluding hydrogens is 252 g/mol. The van der Waals surface area contributed by atoms with Crippen molar-refractivity contribution >= 4 is 23.1 Å². The summed E-state index contributed by atoms with van der Waals surface area (Å²) in [7, 11) is 5.97. The molecule has 5 nitrogen and oxygen atoms in total. The van der Waals surface area contributed by atoms with E-state index in [1.807, 2.05) is 32.1 Å².